The van der Waals surface area contributed by atoms with Gasteiger partial charge in [-0.15, -0.1) is 0 Å². The number of aryl methyl sites for hydroxylation is 1. The van der Waals surface area contributed by atoms with Crippen LogP contribution in [0.3, 0.4) is 0 Å². The van der Waals surface area contributed by atoms with Crippen molar-refractivity contribution in [3.63, 3.8) is 0 Å². The van der Waals surface area contributed by atoms with E-state index in [9.17, 15) is 9.18 Å². The molecule has 94 valence electrons. The van der Waals surface area contributed by atoms with Crippen molar-refractivity contribution in [2.45, 2.75) is 13.8 Å². The van der Waals surface area contributed by atoms with Gasteiger partial charge in [0, 0.05) is 12.1 Å². The molecule has 0 spiro atoms. The van der Waals surface area contributed by atoms with Gasteiger partial charge in [0.15, 0.2) is 0 Å². The lowest BCUT2D eigenvalue weighted by atomic mass is 10.1. The summed E-state index contributed by atoms with van der Waals surface area (Å²) < 4.78 is 13.0. The van der Waals surface area contributed by atoms with Crippen LogP contribution in [0.25, 0.3) is 0 Å². The second kappa shape index (κ2) is 6.35. The number of benzene rings is 1. The third-order valence-corrected chi connectivity index (χ3v) is 2.58. The third-order valence-electron chi connectivity index (χ3n) is 2.58. The molecule has 2 N–H and O–H groups in total. The lowest BCUT2D eigenvalue weighted by Crippen LogP contribution is -2.32. The van der Waals surface area contributed by atoms with E-state index in [0.29, 0.717) is 23.6 Å². The zero-order chi connectivity index (χ0) is 12.8. The SMILES string of the molecule is CNCC(C)CNC(=O)c1ccc(F)c(C)c1. The monoisotopic (exact) mass is 238 g/mol. The molecular weight excluding hydrogens is 219 g/mol. The van der Waals surface area contributed by atoms with E-state index in [1.54, 1.807) is 13.0 Å². The minimum absolute atomic E-state index is 0.156. The Labute approximate surface area is 101 Å². The van der Waals surface area contributed by atoms with Crippen LogP contribution in [0.15, 0.2) is 18.2 Å². The van der Waals surface area contributed by atoms with E-state index >= 15 is 0 Å². The summed E-state index contributed by atoms with van der Waals surface area (Å²) >= 11 is 0. The average Bonchev–Trinajstić information content (AvgIpc) is 2.30. The number of rotatable bonds is 5. The van der Waals surface area contributed by atoms with Crippen molar-refractivity contribution in [1.29, 1.82) is 0 Å². The maximum Gasteiger partial charge on any atom is 0.251 e. The molecule has 0 fully saturated rings. The fraction of sp³-hybridized carbons (Fsp3) is 0.462. The number of nitrogens with one attached hydrogen (secondary N) is 2. The molecule has 0 saturated carbocycles. The van der Waals surface area contributed by atoms with Crippen molar-refractivity contribution in [2.24, 2.45) is 5.92 Å². The first-order valence-electron chi connectivity index (χ1n) is 5.73. The molecule has 0 heterocycles. The van der Waals surface area contributed by atoms with Crippen LogP contribution >= 0.6 is 0 Å². The van der Waals surface area contributed by atoms with E-state index in [-0.39, 0.29) is 11.7 Å². The van der Waals surface area contributed by atoms with Gasteiger partial charge in [0.1, 0.15) is 5.82 Å². The van der Waals surface area contributed by atoms with Crippen molar-refractivity contribution in [3.05, 3.63) is 35.1 Å². The van der Waals surface area contributed by atoms with Gasteiger partial charge in [0.25, 0.3) is 5.91 Å². The average molecular weight is 238 g/mol. The standard InChI is InChI=1S/C13H19FN2O/c1-9(7-15-3)8-16-13(17)11-4-5-12(14)10(2)6-11/h4-6,9,15H,7-8H2,1-3H3,(H,16,17). The molecule has 17 heavy (non-hydrogen) atoms. The fourth-order valence-corrected chi connectivity index (χ4v) is 1.58. The molecule has 1 aromatic rings. The largest absolute Gasteiger partial charge is 0.352 e. The number of hydrogen-bond donors (Lipinski definition) is 2. The van der Waals surface area contributed by atoms with Crippen LogP contribution in [0.2, 0.25) is 0 Å². The fourth-order valence-electron chi connectivity index (χ4n) is 1.58. The molecule has 1 unspecified atom stereocenters. The zero-order valence-electron chi connectivity index (χ0n) is 10.5. The van der Waals surface area contributed by atoms with Crippen LogP contribution in [-0.4, -0.2) is 26.0 Å². The Kier molecular flexibility index (Phi) is 5.10. The van der Waals surface area contributed by atoms with Gasteiger partial charge in [0.2, 0.25) is 0 Å². The number of halogens is 1. The molecule has 1 aromatic carbocycles. The predicted octanol–water partition coefficient (Wildman–Crippen LogP) is 1.72. The van der Waals surface area contributed by atoms with Crippen LogP contribution in [-0.2, 0) is 0 Å². The van der Waals surface area contributed by atoms with Gasteiger partial charge in [-0.3, -0.25) is 4.79 Å². The van der Waals surface area contributed by atoms with Crippen LogP contribution in [0, 0.1) is 18.7 Å². The molecular formula is C13H19FN2O. The smallest absolute Gasteiger partial charge is 0.251 e. The Morgan fingerprint density at radius 1 is 1.41 bits per heavy atom. The molecule has 0 aliphatic heterocycles. The van der Waals surface area contributed by atoms with Gasteiger partial charge in [-0.2, -0.15) is 0 Å². The minimum atomic E-state index is -0.287. The molecule has 0 bridgehead atoms. The first-order valence-corrected chi connectivity index (χ1v) is 5.73. The lowest BCUT2D eigenvalue weighted by Gasteiger charge is -2.12. The number of hydrogen-bond acceptors (Lipinski definition) is 2. The summed E-state index contributed by atoms with van der Waals surface area (Å²) in [4.78, 5) is 11.8. The van der Waals surface area contributed by atoms with E-state index in [1.165, 1.54) is 12.1 Å². The van der Waals surface area contributed by atoms with E-state index < -0.39 is 0 Å². The molecule has 0 saturated heterocycles. The summed E-state index contributed by atoms with van der Waals surface area (Å²) in [6.07, 6.45) is 0. The van der Waals surface area contributed by atoms with E-state index in [0.717, 1.165) is 6.54 Å². The molecule has 1 atom stereocenters. The first kappa shape index (κ1) is 13.6. The third kappa shape index (κ3) is 4.15. The highest BCUT2D eigenvalue weighted by molar-refractivity contribution is 5.94. The summed E-state index contributed by atoms with van der Waals surface area (Å²) in [6, 6.07) is 4.38. The van der Waals surface area contributed by atoms with Crippen molar-refractivity contribution in [2.75, 3.05) is 20.1 Å². The number of carbonyl (C=O) groups is 1. The second-order valence-electron chi connectivity index (χ2n) is 4.34. The summed E-state index contributed by atoms with van der Waals surface area (Å²) in [5.41, 5.74) is 0.987. The van der Waals surface area contributed by atoms with E-state index in [2.05, 4.69) is 10.6 Å². The molecule has 0 radical (unpaired) electrons. The Morgan fingerprint density at radius 3 is 2.71 bits per heavy atom. The Bertz CT molecular complexity index is 393. The first-order chi connectivity index (χ1) is 8.04. The lowest BCUT2D eigenvalue weighted by molar-refractivity contribution is 0.0948. The summed E-state index contributed by atoms with van der Waals surface area (Å²) in [5, 5.41) is 5.88. The van der Waals surface area contributed by atoms with Crippen LogP contribution < -0.4 is 10.6 Å². The van der Waals surface area contributed by atoms with Gasteiger partial charge in [-0.25, -0.2) is 4.39 Å². The van der Waals surface area contributed by atoms with Gasteiger partial charge in [0.05, 0.1) is 0 Å². The highest BCUT2D eigenvalue weighted by Gasteiger charge is 2.08. The van der Waals surface area contributed by atoms with Gasteiger partial charge < -0.3 is 10.6 Å². The van der Waals surface area contributed by atoms with Gasteiger partial charge >= 0.3 is 0 Å². The maximum absolute atomic E-state index is 13.0. The van der Waals surface area contributed by atoms with Crippen molar-refractivity contribution < 1.29 is 9.18 Å². The van der Waals surface area contributed by atoms with E-state index in [4.69, 9.17) is 0 Å². The Morgan fingerprint density at radius 2 is 2.12 bits per heavy atom. The molecule has 0 aliphatic rings. The topological polar surface area (TPSA) is 41.1 Å². The van der Waals surface area contributed by atoms with Gasteiger partial charge in [-0.1, -0.05) is 6.92 Å². The Balaban J connectivity index is 2.55. The van der Waals surface area contributed by atoms with Crippen molar-refractivity contribution in [3.8, 4) is 0 Å². The molecule has 1 rings (SSSR count). The van der Waals surface area contributed by atoms with Crippen LogP contribution in [0.4, 0.5) is 4.39 Å². The normalized spacial score (nSPS) is 12.2. The van der Waals surface area contributed by atoms with Crippen molar-refractivity contribution in [1.82, 2.24) is 10.6 Å². The molecule has 0 aliphatic carbocycles. The molecule has 0 aromatic heterocycles. The zero-order valence-corrected chi connectivity index (χ0v) is 10.5. The van der Waals surface area contributed by atoms with Gasteiger partial charge in [-0.05, 0) is 50.2 Å². The molecule has 4 heteroatoms. The van der Waals surface area contributed by atoms with Crippen LogP contribution in [0.1, 0.15) is 22.8 Å². The molecule has 1 amide bonds. The summed E-state index contributed by atoms with van der Waals surface area (Å²) in [7, 11) is 1.88. The Hall–Kier alpha value is -1.42. The minimum Gasteiger partial charge on any atom is -0.352 e. The van der Waals surface area contributed by atoms with E-state index in [1.807, 2.05) is 14.0 Å². The number of carbonyl (C=O) groups excluding carboxylic acids is 1. The maximum atomic E-state index is 13.0. The second-order valence-corrected chi connectivity index (χ2v) is 4.34. The quantitative estimate of drug-likeness (QED) is 0.820. The highest BCUT2D eigenvalue weighted by atomic mass is 19.1. The number of amides is 1. The van der Waals surface area contributed by atoms with Crippen molar-refractivity contribution >= 4 is 5.91 Å². The predicted molar refractivity (Wildman–Crippen MR) is 66.6 cm³/mol. The molecule has 3 nitrogen and oxygen atoms in total. The summed E-state index contributed by atoms with van der Waals surface area (Å²) in [5.74, 6) is -0.0772. The highest BCUT2D eigenvalue weighted by Crippen LogP contribution is 2.09. The summed E-state index contributed by atoms with van der Waals surface area (Å²) in [6.45, 7) is 5.15. The van der Waals surface area contributed by atoms with Crippen LogP contribution in [0.5, 0.6) is 0 Å².